The van der Waals surface area contributed by atoms with E-state index in [1.807, 2.05) is 0 Å². The first-order valence-corrected chi connectivity index (χ1v) is 7.11. The first-order valence-electron chi connectivity index (χ1n) is 5.45. The minimum Gasteiger partial charge on any atom is -0.508 e. The normalized spacial score (nSPS) is 12.8. The van der Waals surface area contributed by atoms with E-state index in [1.54, 1.807) is 0 Å². The van der Waals surface area contributed by atoms with Crippen LogP contribution in [0, 0.1) is 0 Å². The maximum Gasteiger partial charge on any atom is 0.322 e. The Balaban J connectivity index is 2.82. The molecule has 1 aromatic rings. The minimum atomic E-state index is -3.70. The van der Waals surface area contributed by atoms with Crippen LogP contribution in [-0.4, -0.2) is 36.4 Å². The molecule has 7 heteroatoms. The Bertz CT molecular complexity index is 550. The average Bonchev–Trinajstić information content (AvgIpc) is 2.30. The van der Waals surface area contributed by atoms with Gasteiger partial charge in [0, 0.05) is 0 Å². The molecule has 0 aromatic heterocycles. The molecule has 0 aliphatic carbocycles. The standard InChI is InChI=1S/C12H15NO5S/c1-2-7-19(17,18)13-11(12(15)16)8-9-3-5-10(14)6-4-9/h2-6,11,13-14H,1,7-8H2,(H,15,16)/t11-/m0/s1. The first kappa shape index (κ1) is 15.2. The topological polar surface area (TPSA) is 104 Å². The number of aliphatic carboxylic acids is 1. The van der Waals surface area contributed by atoms with E-state index in [0.717, 1.165) is 0 Å². The van der Waals surface area contributed by atoms with E-state index in [0.29, 0.717) is 5.56 Å². The van der Waals surface area contributed by atoms with Gasteiger partial charge in [-0.1, -0.05) is 18.2 Å². The molecule has 0 saturated carbocycles. The summed E-state index contributed by atoms with van der Waals surface area (Å²) in [5, 5.41) is 18.1. The van der Waals surface area contributed by atoms with Gasteiger partial charge in [0.2, 0.25) is 10.0 Å². The third-order valence-corrected chi connectivity index (χ3v) is 3.65. The van der Waals surface area contributed by atoms with Crippen molar-refractivity contribution in [1.82, 2.24) is 4.72 Å². The van der Waals surface area contributed by atoms with Crippen LogP contribution >= 0.6 is 0 Å². The number of carboxylic acids is 1. The maximum atomic E-state index is 11.5. The molecule has 0 saturated heterocycles. The minimum absolute atomic E-state index is 0.00795. The first-order chi connectivity index (χ1) is 8.84. The zero-order chi connectivity index (χ0) is 14.5. The predicted molar refractivity (Wildman–Crippen MR) is 70.4 cm³/mol. The third-order valence-electron chi connectivity index (χ3n) is 2.33. The predicted octanol–water partition coefficient (Wildman–Crippen LogP) is 0.493. The van der Waals surface area contributed by atoms with Crippen molar-refractivity contribution < 1.29 is 23.4 Å². The average molecular weight is 285 g/mol. The highest BCUT2D eigenvalue weighted by Crippen LogP contribution is 2.11. The molecule has 1 aromatic carbocycles. The molecule has 0 aliphatic heterocycles. The van der Waals surface area contributed by atoms with E-state index in [9.17, 15) is 13.2 Å². The molecule has 104 valence electrons. The Labute approximate surface area is 111 Å². The smallest absolute Gasteiger partial charge is 0.322 e. The molecule has 0 spiro atoms. The highest BCUT2D eigenvalue weighted by atomic mass is 32.2. The van der Waals surface area contributed by atoms with Gasteiger partial charge in [-0.05, 0) is 24.1 Å². The van der Waals surface area contributed by atoms with Crippen molar-refractivity contribution in [2.24, 2.45) is 0 Å². The van der Waals surface area contributed by atoms with Crippen molar-refractivity contribution >= 4 is 16.0 Å². The number of carboxylic acid groups (broad SMARTS) is 1. The monoisotopic (exact) mass is 285 g/mol. The molecule has 0 heterocycles. The van der Waals surface area contributed by atoms with Crippen LogP contribution < -0.4 is 4.72 Å². The highest BCUT2D eigenvalue weighted by Gasteiger charge is 2.23. The summed E-state index contributed by atoms with van der Waals surface area (Å²) in [5.41, 5.74) is 0.603. The van der Waals surface area contributed by atoms with Crippen LogP contribution in [0.1, 0.15) is 5.56 Å². The van der Waals surface area contributed by atoms with Gasteiger partial charge in [-0.25, -0.2) is 13.1 Å². The second-order valence-electron chi connectivity index (χ2n) is 3.95. The molecule has 0 unspecified atom stereocenters. The summed E-state index contributed by atoms with van der Waals surface area (Å²) in [7, 11) is -3.70. The molecule has 0 bridgehead atoms. The fraction of sp³-hybridized carbons (Fsp3) is 0.250. The number of aromatic hydroxyl groups is 1. The lowest BCUT2D eigenvalue weighted by molar-refractivity contribution is -0.138. The zero-order valence-electron chi connectivity index (χ0n) is 10.1. The summed E-state index contributed by atoms with van der Waals surface area (Å²) in [6.45, 7) is 3.30. The summed E-state index contributed by atoms with van der Waals surface area (Å²) in [6.07, 6.45) is 1.17. The van der Waals surface area contributed by atoms with Crippen molar-refractivity contribution in [3.8, 4) is 5.75 Å². The molecule has 1 atom stereocenters. The van der Waals surface area contributed by atoms with E-state index < -0.39 is 22.0 Å². The number of phenols is 1. The fourth-order valence-corrected chi connectivity index (χ4v) is 2.49. The van der Waals surface area contributed by atoms with Crippen LogP contribution in [-0.2, 0) is 21.2 Å². The molecule has 0 amide bonds. The highest BCUT2D eigenvalue weighted by molar-refractivity contribution is 7.89. The summed E-state index contributed by atoms with van der Waals surface area (Å²) >= 11 is 0. The maximum absolute atomic E-state index is 11.5. The lowest BCUT2D eigenvalue weighted by atomic mass is 10.1. The number of hydrogen-bond donors (Lipinski definition) is 3. The van der Waals surface area contributed by atoms with E-state index in [1.165, 1.54) is 30.3 Å². The Hall–Kier alpha value is -1.86. The van der Waals surface area contributed by atoms with Crippen LogP contribution in [0.5, 0.6) is 5.75 Å². The number of nitrogens with one attached hydrogen (secondary N) is 1. The quantitative estimate of drug-likeness (QED) is 0.633. The van der Waals surface area contributed by atoms with Gasteiger partial charge in [-0.3, -0.25) is 4.79 Å². The Morgan fingerprint density at radius 2 is 1.95 bits per heavy atom. The molecule has 1 rings (SSSR count). The van der Waals surface area contributed by atoms with E-state index in [2.05, 4.69) is 11.3 Å². The number of rotatable bonds is 7. The van der Waals surface area contributed by atoms with Gasteiger partial charge in [0.05, 0.1) is 5.75 Å². The largest absolute Gasteiger partial charge is 0.508 e. The number of hydrogen-bond acceptors (Lipinski definition) is 4. The summed E-state index contributed by atoms with van der Waals surface area (Å²) < 4.78 is 25.1. The van der Waals surface area contributed by atoms with Gasteiger partial charge in [0.1, 0.15) is 11.8 Å². The van der Waals surface area contributed by atoms with Crippen LogP contribution in [0.4, 0.5) is 0 Å². The van der Waals surface area contributed by atoms with Crippen LogP contribution in [0.25, 0.3) is 0 Å². The van der Waals surface area contributed by atoms with Gasteiger partial charge in [0.25, 0.3) is 0 Å². The summed E-state index contributed by atoms with van der Waals surface area (Å²) in [6, 6.07) is 4.63. The van der Waals surface area contributed by atoms with Crippen LogP contribution in [0.3, 0.4) is 0 Å². The lowest BCUT2D eigenvalue weighted by Crippen LogP contribution is -2.43. The number of benzene rings is 1. The number of sulfonamides is 1. The summed E-state index contributed by atoms with van der Waals surface area (Å²) in [4.78, 5) is 11.1. The van der Waals surface area contributed by atoms with Gasteiger partial charge < -0.3 is 10.2 Å². The van der Waals surface area contributed by atoms with Gasteiger partial charge in [-0.15, -0.1) is 6.58 Å². The summed E-state index contributed by atoms with van der Waals surface area (Å²) in [5.74, 6) is -1.55. The van der Waals surface area contributed by atoms with Gasteiger partial charge in [-0.2, -0.15) is 0 Å². The molecular formula is C12H15NO5S. The van der Waals surface area contributed by atoms with Gasteiger partial charge in [0.15, 0.2) is 0 Å². The Morgan fingerprint density at radius 1 is 1.37 bits per heavy atom. The van der Waals surface area contributed by atoms with E-state index in [4.69, 9.17) is 10.2 Å². The molecule has 6 nitrogen and oxygen atoms in total. The van der Waals surface area contributed by atoms with E-state index >= 15 is 0 Å². The van der Waals surface area contributed by atoms with Crippen LogP contribution in [0.15, 0.2) is 36.9 Å². The van der Waals surface area contributed by atoms with Crippen molar-refractivity contribution in [3.63, 3.8) is 0 Å². The van der Waals surface area contributed by atoms with Crippen molar-refractivity contribution in [2.45, 2.75) is 12.5 Å². The lowest BCUT2D eigenvalue weighted by Gasteiger charge is -2.14. The van der Waals surface area contributed by atoms with Crippen molar-refractivity contribution in [3.05, 3.63) is 42.5 Å². The fourth-order valence-electron chi connectivity index (χ4n) is 1.47. The van der Waals surface area contributed by atoms with Gasteiger partial charge >= 0.3 is 5.97 Å². The van der Waals surface area contributed by atoms with Crippen molar-refractivity contribution in [2.75, 3.05) is 5.75 Å². The van der Waals surface area contributed by atoms with E-state index in [-0.39, 0.29) is 17.9 Å². The molecule has 0 aliphatic rings. The number of phenolic OH excluding ortho intramolecular Hbond substituents is 1. The molecule has 3 N–H and O–H groups in total. The number of carbonyl (C=O) groups is 1. The Kier molecular flexibility index (Phi) is 5.08. The Morgan fingerprint density at radius 3 is 2.42 bits per heavy atom. The third kappa shape index (κ3) is 5.11. The SMILES string of the molecule is C=CCS(=O)(=O)N[C@@H](Cc1ccc(O)cc1)C(=O)O. The molecule has 0 radical (unpaired) electrons. The molecular weight excluding hydrogens is 270 g/mol. The second-order valence-corrected chi connectivity index (χ2v) is 5.75. The van der Waals surface area contributed by atoms with Crippen LogP contribution in [0.2, 0.25) is 0 Å². The molecule has 19 heavy (non-hydrogen) atoms. The molecule has 0 fully saturated rings. The second kappa shape index (κ2) is 6.35. The zero-order valence-corrected chi connectivity index (χ0v) is 10.9. The van der Waals surface area contributed by atoms with Crippen molar-refractivity contribution in [1.29, 1.82) is 0 Å².